The molecule has 4 aromatic rings. The summed E-state index contributed by atoms with van der Waals surface area (Å²) in [5, 5.41) is 10.7. The molecule has 136 valence electrons. The quantitative estimate of drug-likeness (QED) is 0.546. The lowest BCUT2D eigenvalue weighted by atomic mass is 10.1. The van der Waals surface area contributed by atoms with Crippen LogP contribution < -0.4 is 10.9 Å². The van der Waals surface area contributed by atoms with Crippen LogP contribution in [0.15, 0.2) is 51.8 Å². The molecule has 27 heavy (non-hydrogen) atoms. The molecule has 0 aliphatic rings. The molecule has 3 aromatic heterocycles. The summed E-state index contributed by atoms with van der Waals surface area (Å²) in [7, 11) is 1.92. The van der Waals surface area contributed by atoms with Gasteiger partial charge in [0.2, 0.25) is 0 Å². The van der Waals surface area contributed by atoms with Gasteiger partial charge in [-0.15, -0.1) is 0 Å². The molecule has 0 aliphatic heterocycles. The third-order valence-electron chi connectivity index (χ3n) is 4.57. The predicted octanol–water partition coefficient (Wildman–Crippen LogP) is 3.39. The van der Waals surface area contributed by atoms with Crippen LogP contribution in [0.25, 0.3) is 22.4 Å². The lowest BCUT2D eigenvalue weighted by molar-refractivity contribution is 0.102. The SMILES string of the molecule is Cc1cc2oc(=O)cc(C)c2cc1NC(=O)c1cc(-c2cccn2C)n[nH]1. The Bertz CT molecular complexity index is 1230. The first-order chi connectivity index (χ1) is 12.9. The number of benzene rings is 1. The third kappa shape index (κ3) is 3.03. The Hall–Kier alpha value is -3.61. The number of fused-ring (bicyclic) bond motifs is 1. The van der Waals surface area contributed by atoms with E-state index in [0.29, 0.717) is 22.7 Å². The number of nitrogens with one attached hydrogen (secondary N) is 2. The number of nitrogens with zero attached hydrogens (tertiary/aromatic N) is 2. The van der Waals surface area contributed by atoms with E-state index < -0.39 is 0 Å². The van der Waals surface area contributed by atoms with Crippen LogP contribution in [0.5, 0.6) is 0 Å². The second-order valence-corrected chi connectivity index (χ2v) is 6.54. The summed E-state index contributed by atoms with van der Waals surface area (Å²) in [6.07, 6.45) is 1.92. The maximum Gasteiger partial charge on any atom is 0.336 e. The number of anilines is 1. The minimum Gasteiger partial charge on any atom is -0.423 e. The average Bonchev–Trinajstić information content (AvgIpc) is 3.24. The Labute approximate surface area is 154 Å². The Morgan fingerprint density at radius 1 is 1.19 bits per heavy atom. The number of hydrogen-bond donors (Lipinski definition) is 2. The smallest absolute Gasteiger partial charge is 0.336 e. The van der Waals surface area contributed by atoms with Crippen LogP contribution >= 0.6 is 0 Å². The molecule has 7 nitrogen and oxygen atoms in total. The van der Waals surface area contributed by atoms with Crippen molar-refractivity contribution >= 4 is 22.6 Å². The molecule has 0 spiro atoms. The number of hydrogen-bond acceptors (Lipinski definition) is 4. The second-order valence-electron chi connectivity index (χ2n) is 6.54. The summed E-state index contributed by atoms with van der Waals surface area (Å²) in [5.74, 6) is -0.291. The first-order valence-corrected chi connectivity index (χ1v) is 8.46. The van der Waals surface area contributed by atoms with Crippen LogP contribution in [0.3, 0.4) is 0 Å². The van der Waals surface area contributed by atoms with Crippen molar-refractivity contribution in [1.82, 2.24) is 14.8 Å². The van der Waals surface area contributed by atoms with Gasteiger partial charge in [-0.1, -0.05) is 0 Å². The van der Waals surface area contributed by atoms with E-state index in [9.17, 15) is 9.59 Å². The van der Waals surface area contributed by atoms with Gasteiger partial charge in [0.05, 0.1) is 5.69 Å². The summed E-state index contributed by atoms with van der Waals surface area (Å²) >= 11 is 0. The van der Waals surface area contributed by atoms with Gasteiger partial charge in [-0.3, -0.25) is 9.89 Å². The minimum absolute atomic E-state index is 0.291. The summed E-state index contributed by atoms with van der Waals surface area (Å²) < 4.78 is 7.17. The molecular formula is C20H18N4O3. The topological polar surface area (TPSA) is 92.9 Å². The Morgan fingerprint density at radius 3 is 2.74 bits per heavy atom. The van der Waals surface area contributed by atoms with Gasteiger partial charge in [-0.25, -0.2) is 4.79 Å². The van der Waals surface area contributed by atoms with Gasteiger partial charge in [0.15, 0.2) is 0 Å². The van der Waals surface area contributed by atoms with Crippen molar-refractivity contribution in [2.45, 2.75) is 13.8 Å². The minimum atomic E-state index is -0.387. The molecule has 0 bridgehead atoms. The molecule has 0 saturated heterocycles. The zero-order valence-corrected chi connectivity index (χ0v) is 15.2. The number of amides is 1. The molecule has 0 saturated carbocycles. The molecule has 0 atom stereocenters. The molecule has 4 rings (SSSR count). The molecule has 1 aromatic carbocycles. The summed E-state index contributed by atoms with van der Waals surface area (Å²) in [5.41, 5.74) is 4.33. The molecule has 0 unspecified atom stereocenters. The Balaban J connectivity index is 1.65. The summed E-state index contributed by atoms with van der Waals surface area (Å²) in [6.45, 7) is 3.68. The van der Waals surface area contributed by atoms with E-state index >= 15 is 0 Å². The van der Waals surface area contributed by atoms with Crippen LogP contribution in [-0.2, 0) is 7.05 Å². The highest BCUT2D eigenvalue weighted by atomic mass is 16.4. The van der Waals surface area contributed by atoms with Crippen molar-refractivity contribution in [2.75, 3.05) is 5.32 Å². The Kier molecular flexibility index (Phi) is 3.92. The van der Waals surface area contributed by atoms with Gasteiger partial charge in [0.1, 0.15) is 17.0 Å². The largest absolute Gasteiger partial charge is 0.423 e. The number of aromatic nitrogens is 3. The van der Waals surface area contributed by atoms with Crippen LogP contribution in [0.4, 0.5) is 5.69 Å². The predicted molar refractivity (Wildman–Crippen MR) is 103 cm³/mol. The summed E-state index contributed by atoms with van der Waals surface area (Å²) in [6, 6.07) is 10.6. The van der Waals surface area contributed by atoms with E-state index in [1.165, 1.54) is 6.07 Å². The fourth-order valence-corrected chi connectivity index (χ4v) is 3.09. The maximum absolute atomic E-state index is 12.6. The van der Waals surface area contributed by atoms with Crippen molar-refractivity contribution in [1.29, 1.82) is 0 Å². The van der Waals surface area contributed by atoms with Gasteiger partial charge in [-0.05, 0) is 55.3 Å². The van der Waals surface area contributed by atoms with E-state index in [1.54, 1.807) is 12.1 Å². The highest BCUT2D eigenvalue weighted by Crippen LogP contribution is 2.26. The number of carbonyl (C=O) groups is 1. The van der Waals surface area contributed by atoms with E-state index in [-0.39, 0.29) is 11.5 Å². The molecule has 0 aliphatic carbocycles. The Morgan fingerprint density at radius 2 is 2.00 bits per heavy atom. The van der Waals surface area contributed by atoms with E-state index in [1.807, 2.05) is 49.9 Å². The molecule has 2 N–H and O–H groups in total. The first-order valence-electron chi connectivity index (χ1n) is 8.46. The van der Waals surface area contributed by atoms with Gasteiger partial charge in [-0.2, -0.15) is 5.10 Å². The molecule has 1 amide bonds. The van der Waals surface area contributed by atoms with Crippen LogP contribution in [-0.4, -0.2) is 20.7 Å². The van der Waals surface area contributed by atoms with Crippen molar-refractivity contribution in [3.8, 4) is 11.4 Å². The highest BCUT2D eigenvalue weighted by molar-refractivity contribution is 6.05. The molecule has 0 fully saturated rings. The van der Waals surface area contributed by atoms with E-state index in [0.717, 1.165) is 22.2 Å². The standard InChI is InChI=1S/C20H18N4O3/c1-11-8-19(25)27-18-7-12(2)14(9-13(11)18)21-20(26)16-10-15(22-23-16)17-5-4-6-24(17)3/h4-10H,1-3H3,(H,21,26)(H,22,23). The maximum atomic E-state index is 12.6. The van der Waals surface area contributed by atoms with Crippen LogP contribution in [0.1, 0.15) is 21.6 Å². The van der Waals surface area contributed by atoms with Crippen molar-refractivity contribution < 1.29 is 9.21 Å². The zero-order valence-electron chi connectivity index (χ0n) is 15.2. The second kappa shape index (κ2) is 6.28. The lowest BCUT2D eigenvalue weighted by Crippen LogP contribution is -2.13. The monoisotopic (exact) mass is 362 g/mol. The van der Waals surface area contributed by atoms with Gasteiger partial charge in [0, 0.05) is 30.4 Å². The highest BCUT2D eigenvalue weighted by Gasteiger charge is 2.15. The van der Waals surface area contributed by atoms with E-state index in [2.05, 4.69) is 15.5 Å². The number of H-pyrrole nitrogens is 1. The van der Waals surface area contributed by atoms with Crippen LogP contribution in [0.2, 0.25) is 0 Å². The molecule has 7 heteroatoms. The van der Waals surface area contributed by atoms with E-state index in [4.69, 9.17) is 4.42 Å². The van der Waals surface area contributed by atoms with Crippen molar-refractivity contribution in [2.24, 2.45) is 7.05 Å². The van der Waals surface area contributed by atoms with Crippen molar-refractivity contribution in [3.05, 3.63) is 69.8 Å². The molecule has 0 radical (unpaired) electrons. The van der Waals surface area contributed by atoms with Crippen LogP contribution in [0, 0.1) is 13.8 Å². The average molecular weight is 362 g/mol. The lowest BCUT2D eigenvalue weighted by Gasteiger charge is -2.10. The first kappa shape index (κ1) is 16.8. The van der Waals surface area contributed by atoms with Gasteiger partial charge >= 0.3 is 5.63 Å². The third-order valence-corrected chi connectivity index (χ3v) is 4.57. The fraction of sp³-hybridized carbons (Fsp3) is 0.150. The fourth-order valence-electron chi connectivity index (χ4n) is 3.09. The normalized spacial score (nSPS) is 11.1. The molecular weight excluding hydrogens is 344 g/mol. The molecule has 3 heterocycles. The van der Waals surface area contributed by atoms with Gasteiger partial charge in [0.25, 0.3) is 5.91 Å². The zero-order chi connectivity index (χ0) is 19.1. The number of aryl methyl sites for hydroxylation is 3. The number of carbonyl (C=O) groups excluding carboxylic acids is 1. The number of rotatable bonds is 3. The number of aromatic amines is 1. The van der Waals surface area contributed by atoms with Crippen molar-refractivity contribution in [3.63, 3.8) is 0 Å². The van der Waals surface area contributed by atoms with Gasteiger partial charge < -0.3 is 14.3 Å². The summed E-state index contributed by atoms with van der Waals surface area (Å²) in [4.78, 5) is 24.2.